The van der Waals surface area contributed by atoms with Crippen LogP contribution in [0.15, 0.2) is 22.9 Å². The van der Waals surface area contributed by atoms with E-state index in [9.17, 15) is 0 Å². The van der Waals surface area contributed by atoms with Gasteiger partial charge in [0.2, 0.25) is 0 Å². The summed E-state index contributed by atoms with van der Waals surface area (Å²) in [5, 5.41) is 4.28. The molecule has 13 heavy (non-hydrogen) atoms. The van der Waals surface area contributed by atoms with E-state index >= 15 is 0 Å². The highest BCUT2D eigenvalue weighted by molar-refractivity contribution is 7.20. The van der Waals surface area contributed by atoms with Gasteiger partial charge in [-0.05, 0) is 34.0 Å². The monoisotopic (exact) mass is 208 g/mol. The largest absolute Gasteiger partial charge is 0.372 e. The molecule has 0 aliphatic carbocycles. The summed E-state index contributed by atoms with van der Waals surface area (Å²) in [5.74, 6) is 0. The lowest BCUT2D eigenvalue weighted by Gasteiger charge is -1.95. The Morgan fingerprint density at radius 3 is 2.00 bits per heavy atom. The number of thiophene rings is 2. The summed E-state index contributed by atoms with van der Waals surface area (Å²) in [6.45, 7) is 1.53. The summed E-state index contributed by atoms with van der Waals surface area (Å²) in [6, 6.07) is 4.32. The molecule has 0 spiro atoms. The van der Waals surface area contributed by atoms with Crippen molar-refractivity contribution in [3.05, 3.63) is 34.0 Å². The Labute approximate surface area is 84.6 Å². The number of rotatable bonds is 0. The minimum Gasteiger partial charge on any atom is -0.372 e. The van der Waals surface area contributed by atoms with Crippen LogP contribution >= 0.6 is 22.7 Å². The Kier molecular flexibility index (Phi) is 1.75. The van der Waals surface area contributed by atoms with Gasteiger partial charge in [0.1, 0.15) is 0 Å². The van der Waals surface area contributed by atoms with Crippen LogP contribution in [-0.2, 0) is 18.0 Å². The summed E-state index contributed by atoms with van der Waals surface area (Å²) < 4.78 is 5.58. The summed E-state index contributed by atoms with van der Waals surface area (Å²) >= 11 is 3.63. The van der Waals surface area contributed by atoms with E-state index in [1.54, 1.807) is 0 Å². The van der Waals surface area contributed by atoms with Crippen LogP contribution in [0.4, 0.5) is 0 Å². The molecule has 0 aromatic carbocycles. The highest BCUT2D eigenvalue weighted by atomic mass is 32.1. The Hall–Kier alpha value is -0.640. The van der Waals surface area contributed by atoms with Crippen molar-refractivity contribution in [1.29, 1.82) is 0 Å². The molecule has 1 aliphatic rings. The van der Waals surface area contributed by atoms with E-state index < -0.39 is 0 Å². The zero-order valence-corrected chi connectivity index (χ0v) is 8.58. The molecule has 3 heteroatoms. The average Bonchev–Trinajstić information content (AvgIpc) is 2.72. The molecular formula is C10H8OS2. The topological polar surface area (TPSA) is 9.23 Å². The van der Waals surface area contributed by atoms with Gasteiger partial charge in [-0.2, -0.15) is 0 Å². The molecule has 66 valence electrons. The van der Waals surface area contributed by atoms with Crippen molar-refractivity contribution >= 4 is 22.7 Å². The number of hydrogen-bond acceptors (Lipinski definition) is 3. The summed E-state index contributed by atoms with van der Waals surface area (Å²) in [7, 11) is 0. The van der Waals surface area contributed by atoms with Crippen molar-refractivity contribution in [2.45, 2.75) is 13.2 Å². The van der Waals surface area contributed by atoms with Gasteiger partial charge in [-0.3, -0.25) is 0 Å². The van der Waals surface area contributed by atoms with Gasteiger partial charge in [0.05, 0.1) is 23.0 Å². The fourth-order valence-corrected chi connectivity index (χ4v) is 3.63. The Balaban J connectivity index is 2.27. The van der Waals surface area contributed by atoms with E-state index in [0.717, 1.165) is 13.2 Å². The first-order valence-corrected chi connectivity index (χ1v) is 5.92. The standard InChI is InChI=1S/C10H8OS2/c1-3-12-9-7(1)5-11-6-8-2-4-13-10(8)9/h1-4H,5-6H2. The molecule has 0 fully saturated rings. The van der Waals surface area contributed by atoms with Crippen LogP contribution < -0.4 is 0 Å². The first kappa shape index (κ1) is 7.74. The minimum atomic E-state index is 0.764. The van der Waals surface area contributed by atoms with Crippen molar-refractivity contribution in [3.8, 4) is 9.75 Å². The fourth-order valence-electron chi connectivity index (χ4n) is 1.57. The van der Waals surface area contributed by atoms with E-state index in [4.69, 9.17) is 4.74 Å². The van der Waals surface area contributed by atoms with Crippen LogP contribution in [0, 0.1) is 0 Å². The maximum atomic E-state index is 5.58. The van der Waals surface area contributed by atoms with Crippen LogP contribution in [0.2, 0.25) is 0 Å². The number of ether oxygens (including phenoxy) is 1. The second-order valence-electron chi connectivity index (χ2n) is 3.04. The second-order valence-corrected chi connectivity index (χ2v) is 4.87. The van der Waals surface area contributed by atoms with Crippen molar-refractivity contribution in [2.24, 2.45) is 0 Å². The van der Waals surface area contributed by atoms with Gasteiger partial charge in [-0.25, -0.2) is 0 Å². The Morgan fingerprint density at radius 2 is 1.46 bits per heavy atom. The lowest BCUT2D eigenvalue weighted by molar-refractivity contribution is 0.110. The molecule has 0 atom stereocenters. The Morgan fingerprint density at radius 1 is 0.923 bits per heavy atom. The fraction of sp³-hybridized carbons (Fsp3) is 0.200. The molecule has 2 aromatic heterocycles. The molecule has 0 unspecified atom stereocenters. The van der Waals surface area contributed by atoms with Gasteiger partial charge in [-0.15, -0.1) is 22.7 Å². The molecular weight excluding hydrogens is 200 g/mol. The van der Waals surface area contributed by atoms with Crippen LogP contribution in [0.3, 0.4) is 0 Å². The molecule has 0 saturated heterocycles. The quantitative estimate of drug-likeness (QED) is 0.643. The van der Waals surface area contributed by atoms with Gasteiger partial charge in [-0.1, -0.05) is 0 Å². The molecule has 0 saturated carbocycles. The third-order valence-corrected chi connectivity index (χ3v) is 4.29. The van der Waals surface area contributed by atoms with Gasteiger partial charge < -0.3 is 4.74 Å². The molecule has 0 bridgehead atoms. The maximum Gasteiger partial charge on any atom is 0.0735 e. The van der Waals surface area contributed by atoms with Crippen molar-refractivity contribution in [2.75, 3.05) is 0 Å². The number of hydrogen-bond donors (Lipinski definition) is 0. The average molecular weight is 208 g/mol. The van der Waals surface area contributed by atoms with Crippen LogP contribution in [0.25, 0.3) is 9.75 Å². The zero-order valence-electron chi connectivity index (χ0n) is 6.95. The molecule has 1 nitrogen and oxygen atoms in total. The highest BCUT2D eigenvalue weighted by Crippen LogP contribution is 2.38. The molecule has 1 aliphatic heterocycles. The van der Waals surface area contributed by atoms with Crippen LogP contribution in [-0.4, -0.2) is 0 Å². The number of fused-ring (bicyclic) bond motifs is 3. The van der Waals surface area contributed by atoms with E-state index in [2.05, 4.69) is 22.9 Å². The van der Waals surface area contributed by atoms with E-state index in [1.807, 2.05) is 22.7 Å². The second kappa shape index (κ2) is 2.94. The van der Waals surface area contributed by atoms with Crippen molar-refractivity contribution in [3.63, 3.8) is 0 Å². The first-order valence-electron chi connectivity index (χ1n) is 4.16. The Bertz CT molecular complexity index is 387. The highest BCUT2D eigenvalue weighted by Gasteiger charge is 2.16. The minimum absolute atomic E-state index is 0.764. The van der Waals surface area contributed by atoms with E-state index in [1.165, 1.54) is 20.9 Å². The summed E-state index contributed by atoms with van der Waals surface area (Å²) in [5.41, 5.74) is 2.68. The lowest BCUT2D eigenvalue weighted by atomic mass is 10.2. The van der Waals surface area contributed by atoms with Crippen LogP contribution in [0.1, 0.15) is 11.1 Å². The lowest BCUT2D eigenvalue weighted by Crippen LogP contribution is -1.87. The molecule has 3 rings (SSSR count). The molecule has 0 amide bonds. The first-order chi connectivity index (χ1) is 6.45. The third kappa shape index (κ3) is 1.15. The molecule has 0 radical (unpaired) electrons. The third-order valence-electron chi connectivity index (χ3n) is 2.21. The smallest absolute Gasteiger partial charge is 0.0735 e. The van der Waals surface area contributed by atoms with Crippen LogP contribution in [0.5, 0.6) is 0 Å². The van der Waals surface area contributed by atoms with E-state index in [-0.39, 0.29) is 0 Å². The van der Waals surface area contributed by atoms with Gasteiger partial charge in [0, 0.05) is 0 Å². The normalized spacial score (nSPS) is 14.8. The van der Waals surface area contributed by atoms with Gasteiger partial charge in [0.15, 0.2) is 0 Å². The molecule has 3 heterocycles. The van der Waals surface area contributed by atoms with Crippen molar-refractivity contribution in [1.82, 2.24) is 0 Å². The summed E-state index contributed by atoms with van der Waals surface area (Å²) in [4.78, 5) is 2.81. The zero-order chi connectivity index (χ0) is 8.67. The molecule has 0 N–H and O–H groups in total. The predicted octanol–water partition coefficient (Wildman–Crippen LogP) is 3.51. The summed E-state index contributed by atoms with van der Waals surface area (Å²) in [6.07, 6.45) is 0. The van der Waals surface area contributed by atoms with E-state index in [0.29, 0.717) is 0 Å². The van der Waals surface area contributed by atoms with Crippen molar-refractivity contribution < 1.29 is 4.74 Å². The van der Waals surface area contributed by atoms with Gasteiger partial charge in [0.25, 0.3) is 0 Å². The van der Waals surface area contributed by atoms with Gasteiger partial charge >= 0.3 is 0 Å². The maximum absolute atomic E-state index is 5.58. The SMILES string of the molecule is c1cc2c(s1)-c1sccc1COC2. The predicted molar refractivity (Wildman–Crippen MR) is 56.1 cm³/mol. The molecule has 2 aromatic rings.